The number of aromatic amines is 1. The number of unbranched alkanes of at least 4 members (excludes halogenated alkanes) is 1. The molecule has 3 aromatic rings. The first kappa shape index (κ1) is 73.7. The normalized spacial score (nSPS) is 16.2. The summed E-state index contributed by atoms with van der Waals surface area (Å²) in [7, 11) is -5.49. The van der Waals surface area contributed by atoms with Crippen LogP contribution >= 0.6 is 7.82 Å². The monoisotopic (exact) mass is 1280 g/mol. The quantitative estimate of drug-likeness (QED) is 0.0112. The average molecular weight is 1290 g/mol. The number of aliphatic hydroxyl groups is 2. The molecule has 2 aromatic carbocycles. The Morgan fingerprint density at radius 3 is 1.70 bits per heavy atom. The number of phosphoric acid groups is 1. The third-order valence-electron chi connectivity index (χ3n) is 14.4. The summed E-state index contributed by atoms with van der Waals surface area (Å²) in [4.78, 5) is 162. The van der Waals surface area contributed by atoms with Crippen molar-refractivity contribution in [3.63, 3.8) is 0 Å². The minimum Gasteiger partial charge on any atom is -0.394 e. The molecule has 34 nitrogen and oxygen atoms in total. The molecule has 496 valence electrons. The van der Waals surface area contributed by atoms with Crippen molar-refractivity contribution in [2.45, 2.75) is 159 Å². The molecule has 1 aliphatic heterocycles. The van der Waals surface area contributed by atoms with Crippen LogP contribution in [0.3, 0.4) is 0 Å². The molecule has 2 heterocycles. The lowest BCUT2D eigenvalue weighted by molar-refractivity contribution is -0.143. The first-order valence-corrected chi connectivity index (χ1v) is 30.5. The number of carbonyl (C=O) groups is 10. The van der Waals surface area contributed by atoms with E-state index in [-0.39, 0.29) is 83.5 Å². The van der Waals surface area contributed by atoms with Gasteiger partial charge in [0.15, 0.2) is 11.9 Å². The van der Waals surface area contributed by atoms with Gasteiger partial charge in [-0.05, 0) is 95.0 Å². The molecule has 25 N–H and O–H groups in total. The summed E-state index contributed by atoms with van der Waals surface area (Å²) in [6, 6.07) is -0.293. The predicted molar refractivity (Wildman–Crippen MR) is 325 cm³/mol. The molecule has 10 amide bonds. The molecule has 0 bridgehead atoms. The maximum atomic E-state index is 14.7. The zero-order valence-electron chi connectivity index (χ0n) is 50.3. The molecule has 0 fully saturated rings. The van der Waals surface area contributed by atoms with Crippen LogP contribution in [0.2, 0.25) is 0 Å². The highest BCUT2D eigenvalue weighted by molar-refractivity contribution is 7.46. The van der Waals surface area contributed by atoms with Gasteiger partial charge in [0.1, 0.15) is 54.4 Å². The van der Waals surface area contributed by atoms with E-state index in [1.54, 1.807) is 54.7 Å². The standard InChI is InChI=1S/C55H85N18O16P/c1-28(53(85)73-26-33-14-6-5-13-32(33)24-42(73)45(57)77)65-49(81)40(23-34-25-64-36-16-8-7-15-35(34)36)69-52(84)44(30(3)89-90(86,87)88)72-48(80)39(19-12-22-63-55(60)61)67-50(82)41(27-74)70-46(78)38(17-9-10-20-56)68-51(83)43(29(2)75)71-47(79)37(66-31(4)76)18-11-21-62-54(58)59/h5-8,13-16,25,28-30,37-44,64,74-75H,9-12,17-24,26-27,56H2,1-4H3,(H2,57,77)(H,65,81)(H,66,76)(H,67,82)(H,68,83)(H,69,84)(H,70,78)(H,71,79)(H,72,80)(H4,58,59,62)(H4,60,61,63)(H2,86,87,88)/t28-,29+,30+,37-,38-,39-,40-,41-,42-,43-,44-/m0/s1. The van der Waals surface area contributed by atoms with Crippen LogP contribution in [0, 0.1) is 10.8 Å². The van der Waals surface area contributed by atoms with Crippen LogP contribution in [-0.2, 0) is 76.4 Å². The minimum absolute atomic E-state index is 0.00439. The largest absolute Gasteiger partial charge is 0.469 e. The van der Waals surface area contributed by atoms with Crippen molar-refractivity contribution in [3.05, 3.63) is 71.4 Å². The number of guanidine groups is 2. The van der Waals surface area contributed by atoms with Crippen LogP contribution in [0.15, 0.2) is 54.7 Å². The Morgan fingerprint density at radius 1 is 0.656 bits per heavy atom. The molecule has 0 aliphatic carbocycles. The molecule has 35 heteroatoms. The second-order valence-corrected chi connectivity index (χ2v) is 22.8. The van der Waals surface area contributed by atoms with Crippen LogP contribution in [0.5, 0.6) is 0 Å². The molecule has 0 saturated carbocycles. The maximum Gasteiger partial charge on any atom is 0.469 e. The second kappa shape index (κ2) is 35.4. The Morgan fingerprint density at radius 2 is 1.14 bits per heavy atom. The van der Waals surface area contributed by atoms with Gasteiger partial charge >= 0.3 is 7.82 Å². The lowest BCUT2D eigenvalue weighted by Crippen LogP contribution is -2.63. The van der Waals surface area contributed by atoms with Gasteiger partial charge < -0.3 is 106 Å². The molecular weight excluding hydrogens is 1200 g/mol. The van der Waals surface area contributed by atoms with E-state index in [4.69, 9.17) is 38.3 Å². The van der Waals surface area contributed by atoms with Crippen molar-refractivity contribution in [1.29, 1.82) is 10.8 Å². The number of carbonyl (C=O) groups excluding carboxylic acids is 10. The first-order valence-electron chi connectivity index (χ1n) is 28.9. The summed E-state index contributed by atoms with van der Waals surface area (Å²) < 4.78 is 17.2. The van der Waals surface area contributed by atoms with Crippen molar-refractivity contribution < 1.29 is 77.0 Å². The van der Waals surface area contributed by atoms with Gasteiger partial charge in [0.05, 0.1) is 18.8 Å². The molecule has 0 unspecified atom stereocenters. The zero-order valence-corrected chi connectivity index (χ0v) is 51.2. The van der Waals surface area contributed by atoms with E-state index in [2.05, 4.69) is 58.2 Å². The highest BCUT2D eigenvalue weighted by atomic mass is 31.2. The highest BCUT2D eigenvalue weighted by Crippen LogP contribution is 2.38. The van der Waals surface area contributed by atoms with Gasteiger partial charge in [0.2, 0.25) is 59.1 Å². The topological polar surface area (TPSA) is 569 Å². The van der Waals surface area contributed by atoms with E-state index in [0.717, 1.165) is 25.0 Å². The van der Waals surface area contributed by atoms with Crippen LogP contribution in [0.1, 0.15) is 89.3 Å². The smallest absolute Gasteiger partial charge is 0.394 e. The van der Waals surface area contributed by atoms with Crippen molar-refractivity contribution in [2.24, 2.45) is 22.9 Å². The molecule has 0 radical (unpaired) electrons. The number of nitrogens with one attached hydrogen (secondary N) is 13. The Hall–Kier alpha value is -8.79. The molecule has 0 spiro atoms. The lowest BCUT2D eigenvalue weighted by Gasteiger charge is -2.37. The summed E-state index contributed by atoms with van der Waals surface area (Å²) in [6.45, 7) is 3.73. The van der Waals surface area contributed by atoms with Crippen LogP contribution in [-0.4, -0.2) is 194 Å². The fourth-order valence-electron chi connectivity index (χ4n) is 9.81. The van der Waals surface area contributed by atoms with Gasteiger partial charge in [0.25, 0.3) is 0 Å². The van der Waals surface area contributed by atoms with Gasteiger partial charge in [-0.3, -0.25) is 63.3 Å². The third kappa shape index (κ3) is 23.3. The number of nitrogens with zero attached hydrogens (tertiary/aromatic N) is 1. The number of H-pyrrole nitrogens is 1. The number of aromatic nitrogens is 1. The number of para-hydroxylation sites is 1. The van der Waals surface area contributed by atoms with E-state index in [0.29, 0.717) is 22.9 Å². The first-order chi connectivity index (χ1) is 42.4. The van der Waals surface area contributed by atoms with Gasteiger partial charge in [-0.25, -0.2) is 4.57 Å². The van der Waals surface area contributed by atoms with Crippen LogP contribution in [0.25, 0.3) is 10.9 Å². The highest BCUT2D eigenvalue weighted by Gasteiger charge is 2.40. The number of amides is 10. The summed E-state index contributed by atoms with van der Waals surface area (Å²) in [6.07, 6.45) is -1.96. The molecule has 1 aromatic heterocycles. The van der Waals surface area contributed by atoms with Gasteiger partial charge in [-0.2, -0.15) is 0 Å². The number of hydrogen-bond acceptors (Lipinski definition) is 17. The van der Waals surface area contributed by atoms with Crippen LogP contribution in [0.4, 0.5) is 0 Å². The molecule has 11 atom stereocenters. The number of benzene rings is 2. The van der Waals surface area contributed by atoms with Crippen molar-refractivity contribution in [3.8, 4) is 0 Å². The average Bonchev–Trinajstić information content (AvgIpc) is 1.04. The number of phosphoric ester groups is 1. The number of fused-ring (bicyclic) bond motifs is 2. The van der Waals surface area contributed by atoms with E-state index < -0.39 is 146 Å². The lowest BCUT2D eigenvalue weighted by atomic mass is 9.93. The Kier molecular flexibility index (Phi) is 29.0. The van der Waals surface area contributed by atoms with E-state index >= 15 is 0 Å². The number of aliphatic hydroxyl groups excluding tert-OH is 2. The summed E-state index contributed by atoms with van der Waals surface area (Å²) in [5, 5.41) is 61.2. The SMILES string of the molecule is CC(=O)N[C@@H](CCCNC(=N)N)C(=O)N[C@H](C(=O)N[C@@H](CCCCN)C(=O)N[C@@H](CO)C(=O)N[C@@H](CCCNC(=N)N)C(=O)N[C@H](C(=O)N[C@@H](Cc1c[nH]c2ccccc12)C(=O)N[C@@H](C)C(=O)N1Cc2ccccc2C[C@H]1C(N)=O)[C@@H](C)OP(=O)(O)O)[C@@H](C)O. The van der Waals surface area contributed by atoms with Crippen LogP contribution < -0.4 is 76.1 Å². The van der Waals surface area contributed by atoms with Crippen molar-refractivity contribution in [2.75, 3.05) is 26.2 Å². The third-order valence-corrected chi connectivity index (χ3v) is 15.0. The molecule has 90 heavy (non-hydrogen) atoms. The number of primary amides is 1. The van der Waals surface area contributed by atoms with E-state index in [1.807, 2.05) is 0 Å². The zero-order chi connectivity index (χ0) is 67.0. The summed E-state index contributed by atoms with van der Waals surface area (Å²) in [5.74, 6) is -10.7. The van der Waals surface area contributed by atoms with Gasteiger partial charge in [-0.1, -0.05) is 42.5 Å². The Labute approximate surface area is 518 Å². The Bertz CT molecular complexity index is 3090. The fraction of sp³-hybridized carbons (Fsp3) is 0.527. The fourth-order valence-corrected chi connectivity index (χ4v) is 10.4. The summed E-state index contributed by atoms with van der Waals surface area (Å²) >= 11 is 0. The van der Waals surface area contributed by atoms with Crippen molar-refractivity contribution in [1.82, 2.24) is 63.1 Å². The molecule has 1 aliphatic rings. The van der Waals surface area contributed by atoms with Gasteiger partial charge in [0, 0.05) is 56.5 Å². The maximum absolute atomic E-state index is 14.7. The van der Waals surface area contributed by atoms with E-state index in [1.165, 1.54) is 18.7 Å². The minimum atomic E-state index is -5.49. The molecular formula is C55H85N18O16P. The predicted octanol–water partition coefficient (Wildman–Crippen LogP) is -5.41. The van der Waals surface area contributed by atoms with Crippen molar-refractivity contribution >= 4 is 89.7 Å². The van der Waals surface area contributed by atoms with E-state index in [9.17, 15) is 72.5 Å². The molecule has 0 saturated heterocycles. The summed E-state index contributed by atoms with van der Waals surface area (Å²) in [5.41, 5.74) is 24.9. The number of nitrogens with two attached hydrogens (primary N) is 4. The van der Waals surface area contributed by atoms with Gasteiger partial charge in [-0.15, -0.1) is 0 Å². The second-order valence-electron chi connectivity index (χ2n) is 21.6. The number of rotatable bonds is 36. The molecule has 4 rings (SSSR count). The number of hydrogen-bond donors (Lipinski definition) is 21. The Balaban J connectivity index is 1.62.